The van der Waals surface area contributed by atoms with Crippen molar-refractivity contribution >= 4 is 28.7 Å². The van der Waals surface area contributed by atoms with Crippen LogP contribution in [-0.4, -0.2) is 63.4 Å². The minimum atomic E-state index is -1.27. The van der Waals surface area contributed by atoms with Crippen molar-refractivity contribution in [1.82, 2.24) is 13.9 Å². The third-order valence-electron chi connectivity index (χ3n) is 4.90. The number of halogens is 1. The van der Waals surface area contributed by atoms with Crippen LogP contribution in [0, 0.1) is 11.7 Å². The van der Waals surface area contributed by atoms with E-state index in [-0.39, 0.29) is 36.6 Å². The quantitative estimate of drug-likeness (QED) is 0.480. The predicted octanol–water partition coefficient (Wildman–Crippen LogP) is 1.23. The number of hydrogen-bond donors (Lipinski definition) is 3. The molecule has 0 radical (unpaired) electrons. The molecular weight excluding hydrogens is 409 g/mol. The maximum absolute atomic E-state index is 12.9. The number of nitrogens with two attached hydrogens (primary N) is 1. The number of anilines is 1. The Labute approximate surface area is 180 Å². The molecule has 0 saturated carbocycles. The lowest BCUT2D eigenvalue weighted by Gasteiger charge is -2.19. The van der Waals surface area contributed by atoms with Crippen molar-refractivity contribution < 1.29 is 18.2 Å². The van der Waals surface area contributed by atoms with E-state index in [0.29, 0.717) is 25.2 Å². The first-order valence-corrected chi connectivity index (χ1v) is 11.4. The van der Waals surface area contributed by atoms with Crippen LogP contribution in [0.1, 0.15) is 33.1 Å². The monoisotopic (exact) mass is 441 g/mol. The maximum Gasteiger partial charge on any atom is 0.235 e. The zero-order valence-electron chi connectivity index (χ0n) is 17.6. The Morgan fingerprint density at radius 3 is 2.57 bits per heavy atom. The SMILES string of the molecule is CCCCN1CCN(CC(=O)NCC(N)CC(C)C(=O)Nc2ccc(F)cc2)S1=O. The Hall–Kier alpha value is -1.88. The van der Waals surface area contributed by atoms with Gasteiger partial charge in [0.05, 0.1) is 6.54 Å². The van der Waals surface area contributed by atoms with E-state index in [2.05, 4.69) is 17.6 Å². The number of hydrogen-bond acceptors (Lipinski definition) is 4. The third kappa shape index (κ3) is 7.75. The van der Waals surface area contributed by atoms with Gasteiger partial charge in [-0.25, -0.2) is 17.2 Å². The lowest BCUT2D eigenvalue weighted by atomic mass is 10.0. The first-order valence-electron chi connectivity index (χ1n) is 10.3. The molecule has 2 amide bonds. The molecule has 4 N–H and O–H groups in total. The second-order valence-electron chi connectivity index (χ2n) is 7.57. The Kier molecular flexibility index (Phi) is 9.83. The van der Waals surface area contributed by atoms with Gasteiger partial charge in [-0.1, -0.05) is 20.3 Å². The van der Waals surface area contributed by atoms with Crippen LogP contribution in [-0.2, 0) is 20.8 Å². The summed E-state index contributed by atoms with van der Waals surface area (Å²) >= 11 is -1.27. The molecular formula is C20H32FN5O3S. The molecule has 8 nitrogen and oxygen atoms in total. The normalized spacial score (nSPS) is 19.4. The molecule has 168 valence electrons. The minimum Gasteiger partial charge on any atom is -0.353 e. The molecule has 2 rings (SSSR count). The summed E-state index contributed by atoms with van der Waals surface area (Å²) in [6, 6.07) is 5.14. The van der Waals surface area contributed by atoms with E-state index in [4.69, 9.17) is 5.73 Å². The van der Waals surface area contributed by atoms with Crippen molar-refractivity contribution in [3.8, 4) is 0 Å². The zero-order valence-corrected chi connectivity index (χ0v) is 18.4. The first-order chi connectivity index (χ1) is 14.3. The van der Waals surface area contributed by atoms with Crippen molar-refractivity contribution in [1.29, 1.82) is 0 Å². The van der Waals surface area contributed by atoms with Crippen LogP contribution in [0.5, 0.6) is 0 Å². The fourth-order valence-electron chi connectivity index (χ4n) is 3.11. The van der Waals surface area contributed by atoms with Crippen molar-refractivity contribution in [3.63, 3.8) is 0 Å². The number of benzene rings is 1. The van der Waals surface area contributed by atoms with E-state index >= 15 is 0 Å². The topological polar surface area (TPSA) is 108 Å². The average Bonchev–Trinajstić information content (AvgIpc) is 3.05. The molecule has 0 aliphatic carbocycles. The van der Waals surface area contributed by atoms with Gasteiger partial charge in [0.25, 0.3) is 0 Å². The molecule has 0 aromatic heterocycles. The summed E-state index contributed by atoms with van der Waals surface area (Å²) in [6.45, 7) is 6.18. The van der Waals surface area contributed by atoms with Gasteiger partial charge in [-0.3, -0.25) is 9.59 Å². The summed E-state index contributed by atoms with van der Waals surface area (Å²) in [5, 5.41) is 5.47. The summed E-state index contributed by atoms with van der Waals surface area (Å²) in [6.07, 6.45) is 2.40. The summed E-state index contributed by atoms with van der Waals surface area (Å²) in [5.74, 6) is -1.20. The molecule has 1 aliphatic heterocycles. The number of carbonyl (C=O) groups is 2. The van der Waals surface area contributed by atoms with Crippen molar-refractivity contribution in [2.75, 3.05) is 38.0 Å². The molecule has 3 unspecified atom stereocenters. The largest absolute Gasteiger partial charge is 0.353 e. The van der Waals surface area contributed by atoms with Crippen LogP contribution in [0.25, 0.3) is 0 Å². The standard InChI is InChI=1S/C20H32FN5O3S/c1-3-4-9-25-10-11-26(30(25)29)14-19(27)23-13-17(22)12-15(2)20(28)24-18-7-5-16(21)6-8-18/h5-8,15,17H,3-4,9-14,22H2,1-2H3,(H,23,27)(H,24,28). The highest BCUT2D eigenvalue weighted by molar-refractivity contribution is 7.80. The molecule has 1 saturated heterocycles. The number of amides is 2. The van der Waals surface area contributed by atoms with Crippen LogP contribution in [0.15, 0.2) is 24.3 Å². The summed E-state index contributed by atoms with van der Waals surface area (Å²) in [4.78, 5) is 24.4. The fourth-order valence-corrected chi connectivity index (χ4v) is 4.42. The molecule has 0 spiro atoms. The zero-order chi connectivity index (χ0) is 22.1. The number of carbonyl (C=O) groups excluding carboxylic acids is 2. The summed E-state index contributed by atoms with van der Waals surface area (Å²) < 4.78 is 28.8. The van der Waals surface area contributed by atoms with Gasteiger partial charge in [-0.2, -0.15) is 0 Å². The second-order valence-corrected chi connectivity index (χ2v) is 9.07. The van der Waals surface area contributed by atoms with Crippen LogP contribution in [0.3, 0.4) is 0 Å². The van der Waals surface area contributed by atoms with E-state index in [1.165, 1.54) is 24.3 Å². The molecule has 1 aliphatic rings. The van der Waals surface area contributed by atoms with E-state index in [1.54, 1.807) is 11.2 Å². The molecule has 1 fully saturated rings. The van der Waals surface area contributed by atoms with Crippen LogP contribution in [0.2, 0.25) is 0 Å². The van der Waals surface area contributed by atoms with Crippen molar-refractivity contribution in [2.45, 2.75) is 39.2 Å². The average molecular weight is 442 g/mol. The number of nitrogens with one attached hydrogen (secondary N) is 2. The molecule has 30 heavy (non-hydrogen) atoms. The minimum absolute atomic E-state index is 0.0581. The Bertz CT molecular complexity index is 734. The lowest BCUT2D eigenvalue weighted by molar-refractivity contribution is -0.121. The van der Waals surface area contributed by atoms with Crippen molar-refractivity contribution in [2.24, 2.45) is 11.7 Å². The van der Waals surface area contributed by atoms with Gasteiger partial charge < -0.3 is 16.4 Å². The van der Waals surface area contributed by atoms with Crippen LogP contribution < -0.4 is 16.4 Å². The van der Waals surface area contributed by atoms with E-state index in [1.807, 2.05) is 4.31 Å². The molecule has 3 atom stereocenters. The highest BCUT2D eigenvalue weighted by Gasteiger charge is 2.29. The van der Waals surface area contributed by atoms with Gasteiger partial charge in [-0.15, -0.1) is 0 Å². The van der Waals surface area contributed by atoms with Gasteiger partial charge in [0, 0.05) is 43.8 Å². The van der Waals surface area contributed by atoms with Crippen molar-refractivity contribution in [3.05, 3.63) is 30.1 Å². The van der Waals surface area contributed by atoms with Gasteiger partial charge in [0.15, 0.2) is 11.2 Å². The number of nitrogens with zero attached hydrogens (tertiary/aromatic N) is 2. The smallest absolute Gasteiger partial charge is 0.235 e. The van der Waals surface area contributed by atoms with E-state index in [0.717, 1.165) is 19.4 Å². The molecule has 1 aromatic carbocycles. The predicted molar refractivity (Wildman–Crippen MR) is 116 cm³/mol. The van der Waals surface area contributed by atoms with Gasteiger partial charge in [0.2, 0.25) is 11.8 Å². The lowest BCUT2D eigenvalue weighted by Crippen LogP contribution is -2.43. The van der Waals surface area contributed by atoms with E-state index in [9.17, 15) is 18.2 Å². The molecule has 1 aromatic rings. The molecule has 1 heterocycles. The second kappa shape index (κ2) is 12.1. The Morgan fingerprint density at radius 1 is 1.23 bits per heavy atom. The number of rotatable bonds is 11. The van der Waals surface area contributed by atoms with Crippen LogP contribution >= 0.6 is 0 Å². The maximum atomic E-state index is 12.9. The molecule has 0 bridgehead atoms. The molecule has 10 heteroatoms. The van der Waals surface area contributed by atoms with E-state index < -0.39 is 17.2 Å². The summed E-state index contributed by atoms with van der Waals surface area (Å²) in [7, 11) is 0. The fraction of sp³-hybridized carbons (Fsp3) is 0.600. The number of unbranched alkanes of at least 4 members (excludes halogenated alkanes) is 1. The Balaban J connectivity index is 1.68. The highest BCUT2D eigenvalue weighted by Crippen LogP contribution is 2.13. The van der Waals surface area contributed by atoms with Gasteiger partial charge in [0.1, 0.15) is 5.82 Å². The third-order valence-corrected chi connectivity index (χ3v) is 6.46. The highest BCUT2D eigenvalue weighted by atomic mass is 32.2. The first kappa shape index (κ1) is 24.4. The Morgan fingerprint density at radius 2 is 1.90 bits per heavy atom. The summed E-state index contributed by atoms with van der Waals surface area (Å²) in [5.41, 5.74) is 6.58. The van der Waals surface area contributed by atoms with Gasteiger partial charge in [-0.05, 0) is 37.1 Å². The van der Waals surface area contributed by atoms with Gasteiger partial charge >= 0.3 is 0 Å². The van der Waals surface area contributed by atoms with Crippen LogP contribution in [0.4, 0.5) is 10.1 Å².